The number of carboxylic acid groups (broad SMARTS) is 1. The molecule has 5 aliphatic rings. The van der Waals surface area contributed by atoms with Crippen molar-refractivity contribution in [2.45, 2.75) is 156 Å². The summed E-state index contributed by atoms with van der Waals surface area (Å²) in [6, 6.07) is 21.5. The highest BCUT2D eigenvalue weighted by Crippen LogP contribution is 2.49. The van der Waals surface area contributed by atoms with E-state index in [-0.39, 0.29) is 126 Å². The van der Waals surface area contributed by atoms with Crippen LogP contribution >= 0.6 is 0 Å². The lowest BCUT2D eigenvalue weighted by Crippen LogP contribution is -2.51. The van der Waals surface area contributed by atoms with E-state index in [1.165, 1.54) is 34.1 Å². The first-order valence-electron chi connectivity index (χ1n) is 36.7. The molecule has 9 rings (SSSR count). The molecule has 31 nitrogen and oxygen atoms in total. The van der Waals surface area contributed by atoms with E-state index in [2.05, 4.69) is 16.0 Å². The Morgan fingerprint density at radius 3 is 2.01 bits per heavy atom. The molecular weight excluding hydrogens is 1520 g/mol. The Bertz CT molecular complexity index is 4760. The van der Waals surface area contributed by atoms with Crippen LogP contribution in [-0.2, 0) is 102 Å². The monoisotopic (exact) mass is 1620 g/mol. The number of fused-ring (bicyclic) bond motifs is 2. The molecule has 4 aromatic rings. The SMILES string of the molecule is CC1(C)C(/C=C/C2=C(Oc3ccc(C[C@H](NC(=O)CCOCCOCCNC(=O)C4CCN(C(=O)[C@H](Cc5ccccc5)NC(=O)CC(=O)N5CCC[C@H]5B(O)O)C4)C(=O)O)cc3)C(=C/C=C3/N(CCCCS(=O)(=O)[O-])c4ccc(S(=O)(=O)O)cc4C3(C)C)/CCC2)=[N+](CCCCS(=O)(=O)O)c2ccc(S(=O)(=O)O)cc21. The van der Waals surface area contributed by atoms with Crippen LogP contribution in [0.2, 0.25) is 0 Å². The highest BCUT2D eigenvalue weighted by atomic mass is 32.2. The van der Waals surface area contributed by atoms with Gasteiger partial charge >= 0.3 is 13.1 Å². The molecule has 4 aromatic carbocycles. The molecule has 602 valence electrons. The van der Waals surface area contributed by atoms with Gasteiger partial charge in [-0.05, 0) is 154 Å². The number of nitrogens with zero attached hydrogens (tertiary/aromatic N) is 4. The second-order valence-electron chi connectivity index (χ2n) is 29.1. The third-order valence-electron chi connectivity index (χ3n) is 20.4. The average Bonchev–Trinajstić information content (AvgIpc) is 1.59. The number of hydrogen-bond donors (Lipinski definition) is 9. The molecule has 111 heavy (non-hydrogen) atoms. The molecule has 0 bridgehead atoms. The van der Waals surface area contributed by atoms with E-state index in [0.717, 1.165) is 5.56 Å². The summed E-state index contributed by atoms with van der Waals surface area (Å²) >= 11 is 0. The highest BCUT2D eigenvalue weighted by Gasteiger charge is 2.46. The molecule has 4 aliphatic heterocycles. The second-order valence-corrected chi connectivity index (χ2v) is 35.1. The molecule has 36 heteroatoms. The number of ether oxygens (including phenoxy) is 3. The molecule has 4 atom stereocenters. The second kappa shape index (κ2) is 37.4. The van der Waals surface area contributed by atoms with Crippen molar-refractivity contribution in [2.24, 2.45) is 5.92 Å². The molecule has 0 aromatic heterocycles. The lowest BCUT2D eigenvalue weighted by Gasteiger charge is -2.28. The highest BCUT2D eigenvalue weighted by molar-refractivity contribution is 7.86. The number of unbranched alkanes of at least 4 members (excludes halogenated alkanes) is 2. The first-order valence-corrected chi connectivity index (χ1v) is 42.7. The van der Waals surface area contributed by atoms with Gasteiger partial charge in [-0.15, -0.1) is 0 Å². The summed E-state index contributed by atoms with van der Waals surface area (Å²) in [5, 5.41) is 37.8. The molecule has 0 spiro atoms. The minimum absolute atomic E-state index is 0.0322. The summed E-state index contributed by atoms with van der Waals surface area (Å²) < 4.78 is 158. The minimum Gasteiger partial charge on any atom is -0.748 e. The summed E-state index contributed by atoms with van der Waals surface area (Å²) in [7, 11) is -19.9. The Kier molecular flexibility index (Phi) is 29.1. The van der Waals surface area contributed by atoms with Gasteiger partial charge in [-0.25, -0.2) is 13.2 Å². The Morgan fingerprint density at radius 1 is 0.694 bits per heavy atom. The molecule has 4 heterocycles. The zero-order chi connectivity index (χ0) is 80.8. The molecule has 1 aliphatic carbocycles. The van der Waals surface area contributed by atoms with Gasteiger partial charge in [0.15, 0.2) is 5.71 Å². The lowest BCUT2D eigenvalue weighted by atomic mass is 9.78. The fourth-order valence-electron chi connectivity index (χ4n) is 14.7. The van der Waals surface area contributed by atoms with Crippen LogP contribution < -0.4 is 25.6 Å². The van der Waals surface area contributed by atoms with Crippen molar-refractivity contribution in [1.29, 1.82) is 0 Å². The maximum atomic E-state index is 13.9. The van der Waals surface area contributed by atoms with Crippen LogP contribution in [0, 0.1) is 5.92 Å². The number of likely N-dealkylation sites (tertiary alicyclic amines) is 2. The van der Waals surface area contributed by atoms with E-state index in [4.69, 9.17) is 14.2 Å². The van der Waals surface area contributed by atoms with Crippen molar-refractivity contribution in [2.75, 3.05) is 82.1 Å². The van der Waals surface area contributed by atoms with E-state index >= 15 is 0 Å². The van der Waals surface area contributed by atoms with Gasteiger partial charge in [0.2, 0.25) is 35.2 Å². The van der Waals surface area contributed by atoms with Gasteiger partial charge in [-0.1, -0.05) is 62.4 Å². The molecule has 0 saturated carbocycles. The summed E-state index contributed by atoms with van der Waals surface area (Å²) in [6.45, 7) is 8.83. The smallest absolute Gasteiger partial charge is 0.475 e. The summed E-state index contributed by atoms with van der Waals surface area (Å²) in [5.41, 5.74) is 4.37. The maximum Gasteiger partial charge on any atom is 0.475 e. The molecule has 9 N–H and O–H groups in total. The quantitative estimate of drug-likeness (QED) is 0.00951. The van der Waals surface area contributed by atoms with Gasteiger partial charge in [-0.2, -0.15) is 29.8 Å². The number of rotatable bonds is 38. The number of carbonyl (C=O) groups excluding carboxylic acids is 5. The Morgan fingerprint density at radius 2 is 1.34 bits per heavy atom. The summed E-state index contributed by atoms with van der Waals surface area (Å²) in [5.74, 6) is -5.67. The first kappa shape index (κ1) is 86.5. The minimum atomic E-state index is -4.64. The number of allylic oxidation sites excluding steroid dienone is 7. The Labute approximate surface area is 647 Å². The van der Waals surface area contributed by atoms with E-state index in [9.17, 15) is 95.8 Å². The van der Waals surface area contributed by atoms with E-state index in [1.807, 2.05) is 67.5 Å². The van der Waals surface area contributed by atoms with Gasteiger partial charge in [0.25, 0.3) is 30.4 Å². The Hall–Kier alpha value is -8.53. The number of aliphatic carboxylic acids is 1. The maximum absolute atomic E-state index is 13.9. The standard InChI is InChI=1S/C75H96BN7O24S4/c1-74(2)58-46-56(110(99,100)101)25-27-62(58)81(34-8-10-42-108(93,94)95)64(74)29-21-52-16-12-17-53(22-30-65-75(3,4)59-47-57(111(102,103)104)26-28-63(59)82(65)35-9-11-43-109(96,97)98)70(52)107-55-23-19-51(20-24-55)45-61(73(89)90)79-67(84)32-38-105-40-41-106-39-33-77-71(87)54-31-37-80(49-54)72(88)60(44-50-14-6-5-7-15-50)78-68(85)48-69(86)83-36-13-18-66(83)76(91)92/h5-7,14-15,19-30,46-47,54,60-61,66,91-92H,8-13,16-18,31-45,48-49H2,1-4H3,(H7-,77,78,79,84,85,87,89,90,93,94,95,96,97,98,99,100,101,102,103,104)/t54?,60-,61-,66-/m0/s1. The topological polar surface area (TPSA) is 460 Å². The molecule has 1 unspecified atom stereocenters. The van der Waals surface area contributed by atoms with Crippen LogP contribution in [-0.4, -0.2) is 225 Å². The molecule has 2 saturated heterocycles. The number of nitrogens with one attached hydrogen (secondary N) is 3. The van der Waals surface area contributed by atoms with Crippen LogP contribution in [0.3, 0.4) is 0 Å². The summed E-state index contributed by atoms with van der Waals surface area (Å²) in [6.07, 6.45) is 10.1. The molecular formula is C75H96BN7O24S4. The van der Waals surface area contributed by atoms with E-state index in [1.54, 1.807) is 60.7 Å². The third kappa shape index (κ3) is 23.6. The van der Waals surface area contributed by atoms with Crippen molar-refractivity contribution < 1.29 is 115 Å². The predicted octanol–water partition coefficient (Wildman–Crippen LogP) is 4.85. The molecule has 5 amide bonds. The van der Waals surface area contributed by atoms with Crippen molar-refractivity contribution in [3.05, 3.63) is 160 Å². The normalized spacial score (nSPS) is 19.0. The largest absolute Gasteiger partial charge is 0.748 e. The predicted molar refractivity (Wildman–Crippen MR) is 407 cm³/mol. The zero-order valence-electron chi connectivity index (χ0n) is 62.2. The van der Waals surface area contributed by atoms with Gasteiger partial charge < -0.3 is 64.6 Å². The number of benzene rings is 4. The van der Waals surface area contributed by atoms with Crippen molar-refractivity contribution in [3.8, 4) is 5.75 Å². The molecule has 0 radical (unpaired) electrons. The molecule has 2 fully saturated rings. The van der Waals surface area contributed by atoms with Gasteiger partial charge in [-0.3, -0.25) is 37.6 Å². The van der Waals surface area contributed by atoms with Crippen molar-refractivity contribution in [1.82, 2.24) is 25.8 Å². The van der Waals surface area contributed by atoms with Crippen LogP contribution in [0.5, 0.6) is 5.75 Å². The van der Waals surface area contributed by atoms with Gasteiger partial charge in [0, 0.05) is 98.7 Å². The average molecular weight is 1620 g/mol. The van der Waals surface area contributed by atoms with Gasteiger partial charge in [0.05, 0.1) is 69.4 Å². The number of hydrogen-bond acceptors (Lipinski definition) is 21. The van der Waals surface area contributed by atoms with Crippen molar-refractivity contribution >= 4 is 100 Å². The lowest BCUT2D eigenvalue weighted by molar-refractivity contribution is -0.438. The number of carbonyl (C=O) groups is 6. The third-order valence-corrected chi connectivity index (χ3v) is 23.7. The van der Waals surface area contributed by atoms with Crippen molar-refractivity contribution in [3.63, 3.8) is 0 Å². The fourth-order valence-corrected chi connectivity index (χ4v) is 16.8. The van der Waals surface area contributed by atoms with Crippen LogP contribution in [0.15, 0.2) is 148 Å². The van der Waals surface area contributed by atoms with Crippen LogP contribution in [0.25, 0.3) is 0 Å². The number of amides is 5. The number of anilines is 1. The van der Waals surface area contributed by atoms with Crippen LogP contribution in [0.1, 0.15) is 127 Å². The number of carboxylic acids is 1. The van der Waals surface area contributed by atoms with Crippen LogP contribution in [0.4, 0.5) is 11.4 Å². The summed E-state index contributed by atoms with van der Waals surface area (Å²) in [4.78, 5) is 83.2. The fraction of sp³-hybridized carbons (Fsp3) is 0.480. The Balaban J connectivity index is 0.826. The van der Waals surface area contributed by atoms with Gasteiger partial charge in [0.1, 0.15) is 36.6 Å². The first-order chi connectivity index (χ1) is 52.3. The van der Waals surface area contributed by atoms with E-state index in [0.29, 0.717) is 101 Å². The zero-order valence-corrected chi connectivity index (χ0v) is 65.5. The van der Waals surface area contributed by atoms with E-state index < -0.39 is 130 Å².